The summed E-state index contributed by atoms with van der Waals surface area (Å²) in [7, 11) is 3.17. The van der Waals surface area contributed by atoms with Crippen molar-refractivity contribution < 1.29 is 14.3 Å². The van der Waals surface area contributed by atoms with Crippen molar-refractivity contribution in [1.82, 2.24) is 5.32 Å². The van der Waals surface area contributed by atoms with Gasteiger partial charge in [-0.15, -0.1) is 0 Å². The van der Waals surface area contributed by atoms with Crippen LogP contribution in [-0.2, 0) is 14.3 Å². The molecule has 1 aliphatic rings. The van der Waals surface area contributed by atoms with Crippen molar-refractivity contribution in [2.75, 3.05) is 20.8 Å². The molecular formula is C12H23NO3. The Morgan fingerprint density at radius 2 is 2.12 bits per heavy atom. The summed E-state index contributed by atoms with van der Waals surface area (Å²) >= 11 is 0. The van der Waals surface area contributed by atoms with Gasteiger partial charge in [-0.2, -0.15) is 0 Å². The second-order valence-corrected chi connectivity index (χ2v) is 5.17. The van der Waals surface area contributed by atoms with E-state index >= 15 is 0 Å². The maximum atomic E-state index is 11.2. The van der Waals surface area contributed by atoms with Crippen LogP contribution in [-0.4, -0.2) is 38.9 Å². The van der Waals surface area contributed by atoms with E-state index in [0.29, 0.717) is 18.7 Å². The Kier molecular flexibility index (Phi) is 4.33. The molecule has 0 aromatic rings. The smallest absolute Gasteiger partial charge is 0.309 e. The molecule has 0 bridgehead atoms. The summed E-state index contributed by atoms with van der Waals surface area (Å²) < 4.78 is 10.1. The molecule has 1 N–H and O–H groups in total. The van der Waals surface area contributed by atoms with E-state index in [1.807, 2.05) is 6.92 Å². The van der Waals surface area contributed by atoms with Crippen molar-refractivity contribution in [3.05, 3.63) is 0 Å². The molecule has 0 amide bonds. The molecular weight excluding hydrogens is 206 g/mol. The summed E-state index contributed by atoms with van der Waals surface area (Å²) in [6.07, 6.45) is 1.33. The van der Waals surface area contributed by atoms with Gasteiger partial charge < -0.3 is 14.8 Å². The van der Waals surface area contributed by atoms with Crippen LogP contribution in [0.4, 0.5) is 0 Å². The zero-order valence-electron chi connectivity index (χ0n) is 10.9. The van der Waals surface area contributed by atoms with Crippen LogP contribution in [0.2, 0.25) is 0 Å². The SMILES string of the molecule is COC(=O)C(C)CNC1CC(OC)C1(C)C. The molecule has 0 radical (unpaired) electrons. The number of carbonyl (C=O) groups is 1. The second kappa shape index (κ2) is 5.15. The van der Waals surface area contributed by atoms with Crippen molar-refractivity contribution in [3.63, 3.8) is 0 Å². The molecule has 3 atom stereocenters. The Labute approximate surface area is 97.7 Å². The number of hydrogen-bond acceptors (Lipinski definition) is 4. The van der Waals surface area contributed by atoms with Gasteiger partial charge in [-0.05, 0) is 6.42 Å². The number of nitrogens with one attached hydrogen (secondary N) is 1. The van der Waals surface area contributed by atoms with E-state index < -0.39 is 0 Å². The number of carbonyl (C=O) groups excluding carboxylic acids is 1. The summed E-state index contributed by atoms with van der Waals surface area (Å²) in [4.78, 5) is 11.2. The average Bonchev–Trinajstić information content (AvgIpc) is 2.26. The molecule has 3 unspecified atom stereocenters. The van der Waals surface area contributed by atoms with Gasteiger partial charge >= 0.3 is 5.97 Å². The average molecular weight is 229 g/mol. The lowest BCUT2D eigenvalue weighted by Gasteiger charge is -2.51. The van der Waals surface area contributed by atoms with Gasteiger partial charge in [0.1, 0.15) is 0 Å². The predicted molar refractivity (Wildman–Crippen MR) is 62.2 cm³/mol. The summed E-state index contributed by atoms with van der Waals surface area (Å²) in [5, 5.41) is 3.41. The summed E-state index contributed by atoms with van der Waals surface area (Å²) in [6.45, 7) is 6.91. The highest BCUT2D eigenvalue weighted by Crippen LogP contribution is 2.42. The number of esters is 1. The van der Waals surface area contributed by atoms with Crippen LogP contribution in [0.1, 0.15) is 27.2 Å². The first-order valence-electron chi connectivity index (χ1n) is 5.77. The third kappa shape index (κ3) is 2.55. The molecule has 0 saturated heterocycles. The van der Waals surface area contributed by atoms with Crippen molar-refractivity contribution in [2.24, 2.45) is 11.3 Å². The third-order valence-electron chi connectivity index (χ3n) is 3.74. The van der Waals surface area contributed by atoms with Crippen LogP contribution in [0.3, 0.4) is 0 Å². The van der Waals surface area contributed by atoms with Gasteiger partial charge in [0, 0.05) is 25.1 Å². The standard InChI is InChI=1S/C12H23NO3/c1-8(11(14)16-5)7-13-9-6-10(15-4)12(9,2)3/h8-10,13H,6-7H2,1-5H3. The van der Waals surface area contributed by atoms with Crippen molar-refractivity contribution in [2.45, 2.75) is 39.3 Å². The van der Waals surface area contributed by atoms with E-state index in [1.54, 1.807) is 7.11 Å². The first kappa shape index (κ1) is 13.5. The monoisotopic (exact) mass is 229 g/mol. The Bertz CT molecular complexity index is 253. The molecule has 0 spiro atoms. The van der Waals surface area contributed by atoms with Crippen LogP contribution < -0.4 is 5.32 Å². The van der Waals surface area contributed by atoms with Crippen LogP contribution in [0.5, 0.6) is 0 Å². The van der Waals surface area contributed by atoms with E-state index in [0.717, 1.165) is 6.42 Å². The molecule has 1 rings (SSSR count). The molecule has 0 aromatic carbocycles. The van der Waals surface area contributed by atoms with Crippen LogP contribution in [0.15, 0.2) is 0 Å². The minimum atomic E-state index is -0.159. The number of rotatable bonds is 5. The molecule has 0 aromatic heterocycles. The summed E-state index contributed by atoms with van der Waals surface area (Å²) in [6, 6.07) is 0.421. The lowest BCUT2D eigenvalue weighted by molar-refractivity contribution is -0.145. The minimum Gasteiger partial charge on any atom is -0.469 e. The molecule has 0 heterocycles. The summed E-state index contributed by atoms with van der Waals surface area (Å²) in [5.74, 6) is -0.254. The number of hydrogen-bond donors (Lipinski definition) is 1. The molecule has 4 nitrogen and oxygen atoms in total. The Balaban J connectivity index is 2.33. The molecule has 16 heavy (non-hydrogen) atoms. The third-order valence-corrected chi connectivity index (χ3v) is 3.74. The largest absolute Gasteiger partial charge is 0.469 e. The van der Waals surface area contributed by atoms with Crippen molar-refractivity contribution in [3.8, 4) is 0 Å². The topological polar surface area (TPSA) is 47.6 Å². The first-order valence-corrected chi connectivity index (χ1v) is 5.77. The predicted octanol–water partition coefficient (Wildman–Crippen LogP) is 1.20. The van der Waals surface area contributed by atoms with Gasteiger partial charge in [0.15, 0.2) is 0 Å². The Morgan fingerprint density at radius 3 is 2.56 bits per heavy atom. The Morgan fingerprint density at radius 1 is 1.50 bits per heavy atom. The molecule has 1 aliphatic carbocycles. The van der Waals surface area contributed by atoms with Gasteiger partial charge in [0.2, 0.25) is 0 Å². The molecule has 0 aliphatic heterocycles. The highest BCUT2D eigenvalue weighted by molar-refractivity contribution is 5.72. The second-order valence-electron chi connectivity index (χ2n) is 5.17. The Hall–Kier alpha value is -0.610. The zero-order valence-corrected chi connectivity index (χ0v) is 10.9. The van der Waals surface area contributed by atoms with E-state index in [9.17, 15) is 4.79 Å². The van der Waals surface area contributed by atoms with Gasteiger partial charge in [-0.3, -0.25) is 4.79 Å². The lowest BCUT2D eigenvalue weighted by atomic mass is 9.64. The van der Waals surface area contributed by atoms with Gasteiger partial charge in [0.05, 0.1) is 19.1 Å². The fourth-order valence-electron chi connectivity index (χ4n) is 2.24. The van der Waals surface area contributed by atoms with E-state index in [1.165, 1.54) is 7.11 Å². The van der Waals surface area contributed by atoms with Gasteiger partial charge in [-0.25, -0.2) is 0 Å². The van der Waals surface area contributed by atoms with E-state index in [-0.39, 0.29) is 17.3 Å². The number of methoxy groups -OCH3 is 2. The molecule has 4 heteroatoms. The van der Waals surface area contributed by atoms with Crippen LogP contribution in [0, 0.1) is 11.3 Å². The fraction of sp³-hybridized carbons (Fsp3) is 0.917. The summed E-state index contributed by atoms with van der Waals surface area (Å²) in [5.41, 5.74) is 0.143. The maximum Gasteiger partial charge on any atom is 0.309 e. The highest BCUT2D eigenvalue weighted by Gasteiger charge is 2.48. The lowest BCUT2D eigenvalue weighted by Crippen LogP contribution is -2.61. The van der Waals surface area contributed by atoms with Crippen molar-refractivity contribution >= 4 is 5.97 Å². The van der Waals surface area contributed by atoms with Crippen LogP contribution in [0.25, 0.3) is 0 Å². The molecule has 1 fully saturated rings. The van der Waals surface area contributed by atoms with Crippen molar-refractivity contribution in [1.29, 1.82) is 0 Å². The number of ether oxygens (including phenoxy) is 2. The maximum absolute atomic E-state index is 11.2. The van der Waals surface area contributed by atoms with E-state index in [2.05, 4.69) is 23.9 Å². The first-order chi connectivity index (χ1) is 7.43. The molecule has 94 valence electrons. The fourth-order valence-corrected chi connectivity index (χ4v) is 2.24. The van der Waals surface area contributed by atoms with Crippen LogP contribution >= 0.6 is 0 Å². The normalized spacial score (nSPS) is 29.3. The zero-order chi connectivity index (χ0) is 12.3. The van der Waals surface area contributed by atoms with E-state index in [4.69, 9.17) is 4.74 Å². The van der Waals surface area contributed by atoms with Gasteiger partial charge in [0.25, 0.3) is 0 Å². The van der Waals surface area contributed by atoms with Gasteiger partial charge in [-0.1, -0.05) is 20.8 Å². The minimum absolute atomic E-state index is 0.0950. The molecule has 1 saturated carbocycles. The highest BCUT2D eigenvalue weighted by atomic mass is 16.5. The quantitative estimate of drug-likeness (QED) is 0.720.